The fourth-order valence-corrected chi connectivity index (χ4v) is 1.56. The lowest BCUT2D eigenvalue weighted by molar-refractivity contribution is 0.0604. The van der Waals surface area contributed by atoms with Crippen molar-refractivity contribution >= 4 is 22.6 Å². The van der Waals surface area contributed by atoms with Crippen molar-refractivity contribution in [3.05, 3.63) is 23.4 Å². The molecule has 5 heteroatoms. The SMILES string of the molecule is COC(=O)c1c(N)c(C)cc2cn[nH]c12. The molecule has 15 heavy (non-hydrogen) atoms. The van der Waals surface area contributed by atoms with E-state index in [2.05, 4.69) is 14.9 Å². The molecule has 78 valence electrons. The first kappa shape index (κ1) is 9.51. The summed E-state index contributed by atoms with van der Waals surface area (Å²) in [6.45, 7) is 1.84. The van der Waals surface area contributed by atoms with E-state index in [1.807, 2.05) is 13.0 Å². The van der Waals surface area contributed by atoms with Crippen molar-refractivity contribution < 1.29 is 9.53 Å². The smallest absolute Gasteiger partial charge is 0.342 e. The van der Waals surface area contributed by atoms with Crippen LogP contribution >= 0.6 is 0 Å². The first-order valence-corrected chi connectivity index (χ1v) is 4.45. The standard InChI is InChI=1S/C10H11N3O2/c1-5-3-6-4-12-13-9(6)7(8(5)11)10(14)15-2/h3-4H,11H2,1-2H3,(H,12,13). The lowest BCUT2D eigenvalue weighted by Gasteiger charge is -2.07. The Kier molecular flexibility index (Phi) is 2.07. The van der Waals surface area contributed by atoms with Gasteiger partial charge in [-0.05, 0) is 18.6 Å². The molecule has 1 aromatic heterocycles. The molecule has 0 aliphatic rings. The van der Waals surface area contributed by atoms with Crippen LogP contribution in [0.1, 0.15) is 15.9 Å². The summed E-state index contributed by atoms with van der Waals surface area (Å²) >= 11 is 0. The third-order valence-electron chi connectivity index (χ3n) is 2.37. The average molecular weight is 205 g/mol. The summed E-state index contributed by atoms with van der Waals surface area (Å²) in [5.41, 5.74) is 8.07. The Balaban J connectivity index is 2.83. The Bertz CT molecular complexity index is 531. The zero-order chi connectivity index (χ0) is 11.0. The summed E-state index contributed by atoms with van der Waals surface area (Å²) in [7, 11) is 1.33. The van der Waals surface area contributed by atoms with Gasteiger partial charge in [-0.15, -0.1) is 0 Å². The highest BCUT2D eigenvalue weighted by atomic mass is 16.5. The van der Waals surface area contributed by atoms with Crippen molar-refractivity contribution in [1.82, 2.24) is 10.2 Å². The second-order valence-electron chi connectivity index (χ2n) is 3.31. The summed E-state index contributed by atoms with van der Waals surface area (Å²) < 4.78 is 4.68. The second-order valence-corrected chi connectivity index (χ2v) is 3.31. The Morgan fingerprint density at radius 2 is 2.33 bits per heavy atom. The first-order chi connectivity index (χ1) is 7.15. The van der Waals surface area contributed by atoms with Crippen LogP contribution in [0.15, 0.2) is 12.3 Å². The third kappa shape index (κ3) is 1.32. The highest BCUT2D eigenvalue weighted by Gasteiger charge is 2.17. The van der Waals surface area contributed by atoms with Crippen LogP contribution in [-0.2, 0) is 4.74 Å². The molecule has 0 bridgehead atoms. The number of nitrogen functional groups attached to an aromatic ring is 1. The minimum atomic E-state index is -0.453. The number of esters is 1. The van der Waals surface area contributed by atoms with Crippen LogP contribution in [-0.4, -0.2) is 23.3 Å². The van der Waals surface area contributed by atoms with Crippen LogP contribution in [0, 0.1) is 6.92 Å². The summed E-state index contributed by atoms with van der Waals surface area (Å²) in [4.78, 5) is 11.5. The number of aromatic nitrogens is 2. The fourth-order valence-electron chi connectivity index (χ4n) is 1.56. The molecule has 3 N–H and O–H groups in total. The molecule has 0 saturated carbocycles. The van der Waals surface area contributed by atoms with Crippen LogP contribution in [0.2, 0.25) is 0 Å². The second kappa shape index (κ2) is 3.27. The summed E-state index contributed by atoms with van der Waals surface area (Å²) in [6.07, 6.45) is 1.65. The largest absolute Gasteiger partial charge is 0.465 e. The summed E-state index contributed by atoms with van der Waals surface area (Å²) in [6, 6.07) is 1.88. The number of carbonyl (C=O) groups is 1. The maximum absolute atomic E-state index is 11.5. The molecular weight excluding hydrogens is 194 g/mol. The lowest BCUT2D eigenvalue weighted by Crippen LogP contribution is -2.08. The van der Waals surface area contributed by atoms with E-state index in [-0.39, 0.29) is 0 Å². The Morgan fingerprint density at radius 3 is 3.00 bits per heavy atom. The zero-order valence-electron chi connectivity index (χ0n) is 8.50. The monoisotopic (exact) mass is 205 g/mol. The van der Waals surface area contributed by atoms with E-state index >= 15 is 0 Å². The zero-order valence-corrected chi connectivity index (χ0v) is 8.50. The minimum Gasteiger partial charge on any atom is -0.465 e. The number of benzene rings is 1. The third-order valence-corrected chi connectivity index (χ3v) is 2.37. The number of nitrogens with zero attached hydrogens (tertiary/aromatic N) is 1. The van der Waals surface area contributed by atoms with E-state index in [1.165, 1.54) is 7.11 Å². The number of hydrogen-bond donors (Lipinski definition) is 2. The molecule has 2 rings (SSSR count). The molecule has 0 fully saturated rings. The van der Waals surface area contributed by atoms with Crippen LogP contribution in [0.4, 0.5) is 5.69 Å². The van der Waals surface area contributed by atoms with Crippen molar-refractivity contribution in [3.8, 4) is 0 Å². The number of aryl methyl sites for hydroxylation is 1. The fraction of sp³-hybridized carbons (Fsp3) is 0.200. The number of fused-ring (bicyclic) bond motifs is 1. The molecule has 1 aromatic carbocycles. The summed E-state index contributed by atoms with van der Waals surface area (Å²) in [5.74, 6) is -0.453. The number of methoxy groups -OCH3 is 1. The quantitative estimate of drug-likeness (QED) is 0.542. The number of nitrogens with two attached hydrogens (primary N) is 1. The Morgan fingerprint density at radius 1 is 1.60 bits per heavy atom. The van der Waals surface area contributed by atoms with Gasteiger partial charge in [-0.1, -0.05) is 0 Å². The van der Waals surface area contributed by atoms with Crippen LogP contribution in [0.5, 0.6) is 0 Å². The normalized spacial score (nSPS) is 10.5. The molecule has 0 amide bonds. The minimum absolute atomic E-state index is 0.352. The van der Waals surface area contributed by atoms with Gasteiger partial charge in [0.1, 0.15) is 5.56 Å². The van der Waals surface area contributed by atoms with Crippen LogP contribution in [0.3, 0.4) is 0 Å². The van der Waals surface area contributed by atoms with E-state index in [1.54, 1.807) is 6.20 Å². The molecule has 1 heterocycles. The Labute approximate surface area is 86.2 Å². The van der Waals surface area contributed by atoms with Gasteiger partial charge in [0.25, 0.3) is 0 Å². The number of H-pyrrole nitrogens is 1. The van der Waals surface area contributed by atoms with Crippen molar-refractivity contribution in [3.63, 3.8) is 0 Å². The molecule has 0 aliphatic carbocycles. The molecule has 0 radical (unpaired) electrons. The number of rotatable bonds is 1. The molecule has 5 nitrogen and oxygen atoms in total. The van der Waals surface area contributed by atoms with Gasteiger partial charge in [0.2, 0.25) is 0 Å². The number of carbonyl (C=O) groups excluding carboxylic acids is 1. The van der Waals surface area contributed by atoms with E-state index in [0.29, 0.717) is 16.8 Å². The number of aromatic amines is 1. The maximum atomic E-state index is 11.5. The number of anilines is 1. The van der Waals surface area contributed by atoms with E-state index in [0.717, 1.165) is 10.9 Å². The van der Waals surface area contributed by atoms with Gasteiger partial charge >= 0.3 is 5.97 Å². The van der Waals surface area contributed by atoms with Gasteiger partial charge < -0.3 is 10.5 Å². The molecule has 2 aromatic rings. The predicted molar refractivity (Wildman–Crippen MR) is 56.6 cm³/mol. The van der Waals surface area contributed by atoms with Gasteiger partial charge in [-0.25, -0.2) is 4.79 Å². The van der Waals surface area contributed by atoms with E-state index < -0.39 is 5.97 Å². The first-order valence-electron chi connectivity index (χ1n) is 4.45. The molecule has 0 saturated heterocycles. The predicted octanol–water partition coefficient (Wildman–Crippen LogP) is 1.24. The average Bonchev–Trinajstić information content (AvgIpc) is 2.66. The van der Waals surface area contributed by atoms with Crippen LogP contribution in [0.25, 0.3) is 10.9 Å². The van der Waals surface area contributed by atoms with Crippen LogP contribution < -0.4 is 5.73 Å². The topological polar surface area (TPSA) is 81.0 Å². The van der Waals surface area contributed by atoms with Crippen molar-refractivity contribution in [2.75, 3.05) is 12.8 Å². The molecular formula is C10H11N3O2. The van der Waals surface area contributed by atoms with Gasteiger partial charge in [0, 0.05) is 5.39 Å². The molecule has 0 atom stereocenters. The van der Waals surface area contributed by atoms with E-state index in [4.69, 9.17) is 5.73 Å². The van der Waals surface area contributed by atoms with Gasteiger partial charge in [0.05, 0.1) is 24.5 Å². The lowest BCUT2D eigenvalue weighted by atomic mass is 10.0. The molecule has 0 unspecified atom stereocenters. The maximum Gasteiger partial charge on any atom is 0.342 e. The highest BCUT2D eigenvalue weighted by Crippen LogP contribution is 2.26. The van der Waals surface area contributed by atoms with E-state index in [9.17, 15) is 4.79 Å². The summed E-state index contributed by atoms with van der Waals surface area (Å²) in [5, 5.41) is 7.46. The molecule has 0 aliphatic heterocycles. The van der Waals surface area contributed by atoms with Crippen molar-refractivity contribution in [1.29, 1.82) is 0 Å². The molecule has 0 spiro atoms. The Hall–Kier alpha value is -2.04. The number of hydrogen-bond acceptors (Lipinski definition) is 4. The van der Waals surface area contributed by atoms with Crippen molar-refractivity contribution in [2.45, 2.75) is 6.92 Å². The van der Waals surface area contributed by atoms with Gasteiger partial charge in [-0.2, -0.15) is 5.10 Å². The number of nitrogens with one attached hydrogen (secondary N) is 1. The van der Waals surface area contributed by atoms with Gasteiger partial charge in [-0.3, -0.25) is 5.10 Å². The number of ether oxygens (including phenoxy) is 1. The van der Waals surface area contributed by atoms with Gasteiger partial charge in [0.15, 0.2) is 0 Å². The van der Waals surface area contributed by atoms with Crippen molar-refractivity contribution in [2.24, 2.45) is 0 Å². The highest BCUT2D eigenvalue weighted by molar-refractivity contribution is 6.08.